The molecular weight excluding hydrogens is 309 g/mol. The number of halogens is 1. The summed E-state index contributed by atoms with van der Waals surface area (Å²) < 4.78 is 50.6. The Balaban J connectivity index is 1.54. The van der Waals surface area contributed by atoms with Crippen molar-refractivity contribution in [2.24, 2.45) is 5.41 Å². The summed E-state index contributed by atoms with van der Waals surface area (Å²) in [4.78, 5) is 0. The van der Waals surface area contributed by atoms with Gasteiger partial charge in [0, 0.05) is 19.8 Å². The van der Waals surface area contributed by atoms with E-state index in [1.165, 1.54) is 10.4 Å². The maximum absolute atomic E-state index is 13.3. The summed E-state index contributed by atoms with van der Waals surface area (Å²) >= 11 is 0. The molecule has 7 heteroatoms. The third-order valence-corrected chi connectivity index (χ3v) is 6.93. The lowest BCUT2D eigenvalue weighted by molar-refractivity contribution is -0.0985. The van der Waals surface area contributed by atoms with E-state index in [1.54, 1.807) is 0 Å². The van der Waals surface area contributed by atoms with Crippen molar-refractivity contribution in [3.63, 3.8) is 0 Å². The van der Waals surface area contributed by atoms with Gasteiger partial charge in [-0.25, -0.2) is 12.8 Å². The van der Waals surface area contributed by atoms with E-state index >= 15 is 0 Å². The Morgan fingerprint density at radius 2 is 2.09 bits per heavy atom. The number of nitrogens with zero attached hydrogens (tertiary/aromatic N) is 1. The van der Waals surface area contributed by atoms with Gasteiger partial charge in [0.1, 0.15) is 5.83 Å². The number of ether oxygens (including phenoxy) is 2. The Kier molecular flexibility index (Phi) is 4.87. The fraction of sp³-hybridized carbons (Fsp3) is 0.867. The van der Waals surface area contributed by atoms with Crippen LogP contribution in [0.2, 0.25) is 0 Å². The van der Waals surface area contributed by atoms with Gasteiger partial charge in [0.2, 0.25) is 10.0 Å². The Morgan fingerprint density at radius 3 is 2.73 bits per heavy atom. The first-order valence-corrected chi connectivity index (χ1v) is 9.62. The smallest absolute Gasteiger partial charge is 0.217 e. The zero-order valence-corrected chi connectivity index (χ0v) is 13.6. The van der Waals surface area contributed by atoms with Crippen LogP contribution in [0, 0.1) is 5.41 Å². The molecule has 126 valence electrons. The SMILES string of the molecule is O=S(=O)(CC1CCC2(CCOCC2)CO1)N1CCC=C(F)C1. The molecule has 2 saturated heterocycles. The molecule has 1 atom stereocenters. The van der Waals surface area contributed by atoms with Crippen molar-refractivity contribution in [3.05, 3.63) is 11.9 Å². The predicted molar refractivity (Wildman–Crippen MR) is 80.6 cm³/mol. The van der Waals surface area contributed by atoms with Gasteiger partial charge in [0.15, 0.2) is 0 Å². The number of hydrogen-bond acceptors (Lipinski definition) is 4. The highest BCUT2D eigenvalue weighted by molar-refractivity contribution is 7.89. The van der Waals surface area contributed by atoms with E-state index in [0.29, 0.717) is 19.6 Å². The fourth-order valence-electron chi connectivity index (χ4n) is 3.50. The molecule has 3 rings (SSSR count). The van der Waals surface area contributed by atoms with Crippen LogP contribution in [-0.4, -0.2) is 57.5 Å². The zero-order chi connectivity index (χ0) is 15.6. The normalized spacial score (nSPS) is 30.2. The summed E-state index contributed by atoms with van der Waals surface area (Å²) in [5.41, 5.74) is 0.179. The summed E-state index contributed by atoms with van der Waals surface area (Å²) in [6.07, 6.45) is 5.37. The number of hydrogen-bond donors (Lipinski definition) is 0. The Bertz CT molecular complexity index is 518. The molecule has 2 fully saturated rings. The molecule has 22 heavy (non-hydrogen) atoms. The second kappa shape index (κ2) is 6.55. The zero-order valence-electron chi connectivity index (χ0n) is 12.8. The van der Waals surface area contributed by atoms with Crippen LogP contribution in [0.4, 0.5) is 4.39 Å². The molecule has 0 bridgehead atoms. The van der Waals surface area contributed by atoms with Gasteiger partial charge < -0.3 is 9.47 Å². The van der Waals surface area contributed by atoms with Gasteiger partial charge in [-0.15, -0.1) is 0 Å². The molecule has 3 aliphatic heterocycles. The molecule has 0 amide bonds. The first-order valence-electron chi connectivity index (χ1n) is 8.01. The Labute approximate surface area is 131 Å². The Morgan fingerprint density at radius 1 is 1.32 bits per heavy atom. The van der Waals surface area contributed by atoms with Gasteiger partial charge >= 0.3 is 0 Å². The van der Waals surface area contributed by atoms with Crippen LogP contribution in [-0.2, 0) is 19.5 Å². The van der Waals surface area contributed by atoms with Crippen molar-refractivity contribution < 1.29 is 22.3 Å². The quantitative estimate of drug-likeness (QED) is 0.791. The molecule has 0 radical (unpaired) electrons. The minimum Gasteiger partial charge on any atom is -0.381 e. The lowest BCUT2D eigenvalue weighted by Gasteiger charge is -2.42. The van der Waals surface area contributed by atoms with Crippen molar-refractivity contribution in [2.75, 3.05) is 38.7 Å². The minimum absolute atomic E-state index is 0.0349. The minimum atomic E-state index is -3.46. The van der Waals surface area contributed by atoms with Gasteiger partial charge in [0.05, 0.1) is 25.0 Å². The van der Waals surface area contributed by atoms with E-state index in [9.17, 15) is 12.8 Å². The monoisotopic (exact) mass is 333 g/mol. The van der Waals surface area contributed by atoms with Crippen LogP contribution in [0.5, 0.6) is 0 Å². The third kappa shape index (κ3) is 3.69. The van der Waals surface area contributed by atoms with Gasteiger partial charge in [-0.05, 0) is 37.5 Å². The molecule has 5 nitrogen and oxygen atoms in total. The highest BCUT2D eigenvalue weighted by Gasteiger charge is 2.39. The van der Waals surface area contributed by atoms with Crippen LogP contribution in [0.25, 0.3) is 0 Å². The van der Waals surface area contributed by atoms with Crippen molar-refractivity contribution in [1.29, 1.82) is 0 Å². The molecule has 0 aromatic rings. The molecule has 1 unspecified atom stereocenters. The highest BCUT2D eigenvalue weighted by atomic mass is 32.2. The predicted octanol–water partition coefficient (Wildman–Crippen LogP) is 1.85. The summed E-state index contributed by atoms with van der Waals surface area (Å²) in [5, 5.41) is 0. The maximum atomic E-state index is 13.3. The van der Waals surface area contributed by atoms with Gasteiger partial charge in [-0.2, -0.15) is 4.31 Å². The van der Waals surface area contributed by atoms with E-state index < -0.39 is 10.0 Å². The first kappa shape index (κ1) is 16.4. The summed E-state index contributed by atoms with van der Waals surface area (Å²) in [6.45, 7) is 2.39. The van der Waals surface area contributed by atoms with Gasteiger partial charge in [-0.3, -0.25) is 0 Å². The topological polar surface area (TPSA) is 55.8 Å². The molecular formula is C15H24FNO4S. The molecule has 1 spiro atoms. The number of sulfonamides is 1. The van der Waals surface area contributed by atoms with Gasteiger partial charge in [-0.1, -0.05) is 6.08 Å². The van der Waals surface area contributed by atoms with E-state index in [2.05, 4.69) is 0 Å². The Hall–Kier alpha value is -0.500. The lowest BCUT2D eigenvalue weighted by atomic mass is 9.75. The van der Waals surface area contributed by atoms with Crippen LogP contribution in [0.3, 0.4) is 0 Å². The highest BCUT2D eigenvalue weighted by Crippen LogP contribution is 2.40. The molecule has 0 N–H and O–H groups in total. The van der Waals surface area contributed by atoms with E-state index in [1.807, 2.05) is 0 Å². The molecule has 3 aliphatic rings. The summed E-state index contributed by atoms with van der Waals surface area (Å²) in [5.74, 6) is -0.395. The average Bonchev–Trinajstić information content (AvgIpc) is 2.51. The maximum Gasteiger partial charge on any atom is 0.217 e. The molecule has 0 aromatic carbocycles. The summed E-state index contributed by atoms with van der Waals surface area (Å²) in [6, 6.07) is 0. The van der Waals surface area contributed by atoms with Crippen LogP contribution >= 0.6 is 0 Å². The van der Waals surface area contributed by atoms with E-state index in [4.69, 9.17) is 9.47 Å². The summed E-state index contributed by atoms with van der Waals surface area (Å²) in [7, 11) is -3.46. The molecule has 0 aliphatic carbocycles. The number of rotatable bonds is 3. The van der Waals surface area contributed by atoms with Crippen LogP contribution < -0.4 is 0 Å². The largest absolute Gasteiger partial charge is 0.381 e. The van der Waals surface area contributed by atoms with Crippen LogP contribution in [0.15, 0.2) is 11.9 Å². The van der Waals surface area contributed by atoms with Crippen molar-refractivity contribution in [2.45, 2.75) is 38.2 Å². The second-order valence-corrected chi connectivity index (χ2v) is 8.65. The second-order valence-electron chi connectivity index (χ2n) is 6.64. The van der Waals surface area contributed by atoms with E-state index in [0.717, 1.165) is 38.9 Å². The van der Waals surface area contributed by atoms with Crippen molar-refractivity contribution in [3.8, 4) is 0 Å². The van der Waals surface area contributed by atoms with Crippen molar-refractivity contribution in [1.82, 2.24) is 4.31 Å². The molecule has 3 heterocycles. The van der Waals surface area contributed by atoms with Gasteiger partial charge in [0.25, 0.3) is 0 Å². The standard InChI is InChI=1S/C15H24FNO4S/c16-13-2-1-7-17(10-13)22(18,19)11-14-3-4-15(12-21-14)5-8-20-9-6-15/h2,14H,1,3-12H2. The molecule has 0 saturated carbocycles. The van der Waals surface area contributed by atoms with E-state index in [-0.39, 0.29) is 29.6 Å². The lowest BCUT2D eigenvalue weighted by Crippen LogP contribution is -2.45. The average molecular weight is 333 g/mol. The van der Waals surface area contributed by atoms with Crippen molar-refractivity contribution >= 4 is 10.0 Å². The first-order chi connectivity index (χ1) is 10.5. The third-order valence-electron chi connectivity index (χ3n) is 5.04. The molecule has 0 aromatic heterocycles. The fourth-order valence-corrected chi connectivity index (χ4v) is 5.15. The van der Waals surface area contributed by atoms with Crippen LogP contribution in [0.1, 0.15) is 32.1 Å².